The van der Waals surface area contributed by atoms with E-state index in [2.05, 4.69) is 0 Å². The van der Waals surface area contributed by atoms with Gasteiger partial charge in [-0.1, -0.05) is 57.2 Å². The summed E-state index contributed by atoms with van der Waals surface area (Å²) in [5.41, 5.74) is -0.344. The standard InChI is InChI=1S/C13H24INO3/c1-9(2)8-15(10(16)7-14)11(12(17)18-6)13(3,4)5/h9,11H,7-8H2,1-6H3. The largest absolute Gasteiger partial charge is 0.467 e. The highest BCUT2D eigenvalue weighted by atomic mass is 127. The first-order valence-corrected chi connectivity index (χ1v) is 7.61. The Kier molecular flexibility index (Phi) is 7.17. The molecule has 0 rings (SSSR count). The van der Waals surface area contributed by atoms with Crippen LogP contribution in [-0.4, -0.2) is 40.9 Å². The van der Waals surface area contributed by atoms with E-state index in [4.69, 9.17) is 4.74 Å². The molecular weight excluding hydrogens is 345 g/mol. The van der Waals surface area contributed by atoms with Crippen molar-refractivity contribution < 1.29 is 14.3 Å². The third kappa shape index (κ3) is 5.12. The molecule has 0 aliphatic rings. The van der Waals surface area contributed by atoms with Crippen molar-refractivity contribution in [1.29, 1.82) is 0 Å². The van der Waals surface area contributed by atoms with Gasteiger partial charge >= 0.3 is 5.97 Å². The van der Waals surface area contributed by atoms with Crippen LogP contribution in [0.5, 0.6) is 0 Å². The molecule has 18 heavy (non-hydrogen) atoms. The van der Waals surface area contributed by atoms with E-state index in [0.717, 1.165) is 0 Å². The van der Waals surface area contributed by atoms with E-state index < -0.39 is 6.04 Å². The summed E-state index contributed by atoms with van der Waals surface area (Å²) in [6, 6.07) is -0.535. The average Bonchev–Trinajstić information content (AvgIpc) is 2.24. The van der Waals surface area contributed by atoms with Crippen molar-refractivity contribution in [2.75, 3.05) is 18.1 Å². The van der Waals surface area contributed by atoms with Gasteiger partial charge in [-0.3, -0.25) is 4.79 Å². The van der Waals surface area contributed by atoms with Gasteiger partial charge in [-0.25, -0.2) is 4.79 Å². The summed E-state index contributed by atoms with van der Waals surface area (Å²) in [6.07, 6.45) is 0. The Bertz CT molecular complexity index is 297. The molecule has 1 unspecified atom stereocenters. The van der Waals surface area contributed by atoms with Crippen LogP contribution in [0.3, 0.4) is 0 Å². The topological polar surface area (TPSA) is 46.6 Å². The predicted octanol–water partition coefficient (Wildman–Crippen LogP) is 2.49. The molecule has 0 saturated heterocycles. The van der Waals surface area contributed by atoms with E-state index in [0.29, 0.717) is 16.9 Å². The number of amides is 1. The number of carbonyl (C=O) groups is 2. The Morgan fingerprint density at radius 2 is 1.78 bits per heavy atom. The number of rotatable bonds is 5. The highest BCUT2D eigenvalue weighted by Gasteiger charge is 2.39. The summed E-state index contributed by atoms with van der Waals surface area (Å²) in [4.78, 5) is 25.7. The minimum atomic E-state index is -0.535. The van der Waals surface area contributed by atoms with Crippen molar-refractivity contribution in [2.24, 2.45) is 11.3 Å². The van der Waals surface area contributed by atoms with E-state index in [1.165, 1.54) is 7.11 Å². The van der Waals surface area contributed by atoms with Gasteiger partial charge in [0.2, 0.25) is 5.91 Å². The zero-order valence-electron chi connectivity index (χ0n) is 12.1. The van der Waals surface area contributed by atoms with Crippen molar-refractivity contribution in [3.63, 3.8) is 0 Å². The maximum absolute atomic E-state index is 12.1. The fourth-order valence-corrected chi connectivity index (χ4v) is 2.32. The van der Waals surface area contributed by atoms with E-state index in [1.807, 2.05) is 57.2 Å². The second kappa shape index (κ2) is 7.31. The number of alkyl halides is 1. The van der Waals surface area contributed by atoms with Crippen LogP contribution in [-0.2, 0) is 14.3 Å². The summed E-state index contributed by atoms with van der Waals surface area (Å²) >= 11 is 2.03. The minimum absolute atomic E-state index is 0.0189. The highest BCUT2D eigenvalue weighted by Crippen LogP contribution is 2.26. The maximum atomic E-state index is 12.1. The molecule has 0 aliphatic carbocycles. The molecule has 0 aromatic heterocycles. The normalized spacial score (nSPS) is 13.3. The summed E-state index contributed by atoms with van der Waals surface area (Å²) in [6.45, 7) is 10.5. The Morgan fingerprint density at radius 1 is 1.28 bits per heavy atom. The second-order valence-electron chi connectivity index (χ2n) is 5.87. The van der Waals surface area contributed by atoms with Crippen LogP contribution < -0.4 is 0 Å². The van der Waals surface area contributed by atoms with E-state index in [9.17, 15) is 9.59 Å². The number of esters is 1. The third-order valence-electron chi connectivity index (χ3n) is 2.55. The number of halogens is 1. The minimum Gasteiger partial charge on any atom is -0.467 e. The van der Waals surface area contributed by atoms with Crippen LogP contribution >= 0.6 is 22.6 Å². The summed E-state index contributed by atoms with van der Waals surface area (Å²) in [7, 11) is 1.36. The lowest BCUT2D eigenvalue weighted by atomic mass is 9.85. The number of nitrogens with zero attached hydrogens (tertiary/aromatic N) is 1. The Labute approximate surface area is 124 Å². The molecule has 1 amide bonds. The molecule has 0 heterocycles. The van der Waals surface area contributed by atoms with Gasteiger partial charge in [0, 0.05) is 6.54 Å². The lowest BCUT2D eigenvalue weighted by molar-refractivity contribution is -0.157. The number of methoxy groups -OCH3 is 1. The SMILES string of the molecule is COC(=O)C(N(CC(C)C)C(=O)CI)C(C)(C)C. The lowest BCUT2D eigenvalue weighted by Gasteiger charge is -2.38. The lowest BCUT2D eigenvalue weighted by Crippen LogP contribution is -2.54. The van der Waals surface area contributed by atoms with Crippen molar-refractivity contribution >= 4 is 34.5 Å². The Balaban J connectivity index is 5.34. The molecule has 106 valence electrons. The molecule has 0 bridgehead atoms. The second-order valence-corrected chi connectivity index (χ2v) is 6.63. The fourth-order valence-electron chi connectivity index (χ4n) is 1.88. The first-order valence-electron chi connectivity index (χ1n) is 6.08. The zero-order valence-corrected chi connectivity index (χ0v) is 14.3. The van der Waals surface area contributed by atoms with Gasteiger partial charge in [0.1, 0.15) is 6.04 Å². The van der Waals surface area contributed by atoms with E-state index in [-0.39, 0.29) is 17.3 Å². The van der Waals surface area contributed by atoms with Gasteiger partial charge in [0.15, 0.2) is 0 Å². The fraction of sp³-hybridized carbons (Fsp3) is 0.846. The smallest absolute Gasteiger partial charge is 0.329 e. The molecule has 0 aromatic rings. The molecule has 1 atom stereocenters. The Morgan fingerprint density at radius 3 is 2.06 bits per heavy atom. The predicted molar refractivity (Wildman–Crippen MR) is 80.7 cm³/mol. The monoisotopic (exact) mass is 369 g/mol. The Hall–Kier alpha value is -0.330. The van der Waals surface area contributed by atoms with Crippen LogP contribution in [0.4, 0.5) is 0 Å². The molecule has 4 nitrogen and oxygen atoms in total. The summed E-state index contributed by atoms with van der Waals surface area (Å²) in [5.74, 6) is -0.0534. The van der Waals surface area contributed by atoms with Crippen LogP contribution in [0.15, 0.2) is 0 Å². The summed E-state index contributed by atoms with van der Waals surface area (Å²) < 4.78 is 5.23. The highest BCUT2D eigenvalue weighted by molar-refractivity contribution is 14.1. The quantitative estimate of drug-likeness (QED) is 0.425. The molecule has 0 N–H and O–H groups in total. The van der Waals surface area contributed by atoms with Gasteiger partial charge in [-0.05, 0) is 11.3 Å². The zero-order chi connectivity index (χ0) is 14.5. The van der Waals surface area contributed by atoms with Crippen molar-refractivity contribution in [1.82, 2.24) is 4.90 Å². The number of carbonyl (C=O) groups excluding carboxylic acids is 2. The van der Waals surface area contributed by atoms with Crippen LogP contribution in [0.25, 0.3) is 0 Å². The molecule has 0 aromatic carbocycles. The first kappa shape index (κ1) is 17.7. The van der Waals surface area contributed by atoms with E-state index in [1.54, 1.807) is 4.90 Å². The van der Waals surface area contributed by atoms with Gasteiger partial charge in [-0.15, -0.1) is 0 Å². The van der Waals surface area contributed by atoms with Gasteiger partial charge < -0.3 is 9.64 Å². The summed E-state index contributed by atoms with van der Waals surface area (Å²) in [5, 5.41) is 0. The van der Waals surface area contributed by atoms with Gasteiger partial charge in [0.25, 0.3) is 0 Å². The molecule has 0 fully saturated rings. The molecule has 0 saturated carbocycles. The van der Waals surface area contributed by atoms with Gasteiger partial charge in [-0.2, -0.15) is 0 Å². The number of ether oxygens (including phenoxy) is 1. The van der Waals surface area contributed by atoms with Crippen LogP contribution in [0, 0.1) is 11.3 Å². The molecule has 0 aliphatic heterocycles. The van der Waals surface area contributed by atoms with Crippen molar-refractivity contribution in [3.8, 4) is 0 Å². The van der Waals surface area contributed by atoms with Gasteiger partial charge in [0.05, 0.1) is 11.5 Å². The van der Waals surface area contributed by atoms with Crippen molar-refractivity contribution in [2.45, 2.75) is 40.7 Å². The average molecular weight is 369 g/mol. The third-order valence-corrected chi connectivity index (χ3v) is 3.21. The maximum Gasteiger partial charge on any atom is 0.329 e. The van der Waals surface area contributed by atoms with Crippen molar-refractivity contribution in [3.05, 3.63) is 0 Å². The molecule has 5 heteroatoms. The first-order chi connectivity index (χ1) is 8.15. The number of hydrogen-bond donors (Lipinski definition) is 0. The molecule has 0 radical (unpaired) electrons. The van der Waals surface area contributed by atoms with Crippen LogP contribution in [0.2, 0.25) is 0 Å². The molecule has 0 spiro atoms. The number of hydrogen-bond acceptors (Lipinski definition) is 3. The van der Waals surface area contributed by atoms with Crippen LogP contribution in [0.1, 0.15) is 34.6 Å². The van der Waals surface area contributed by atoms with E-state index >= 15 is 0 Å². The molecular formula is C13H24INO3.